The molecule has 170 valence electrons. The quantitative estimate of drug-likeness (QED) is 0.264. The number of carbonyl (C=O) groups is 2. The van der Waals surface area contributed by atoms with Gasteiger partial charge in [-0.3, -0.25) is 9.97 Å². The molecular weight excluding hydrogens is 439 g/mol. The molecule has 0 atom stereocenters. The van der Waals surface area contributed by atoms with Crippen molar-refractivity contribution in [2.45, 2.75) is 0 Å². The van der Waals surface area contributed by atoms with E-state index in [-0.39, 0.29) is 5.56 Å². The molecule has 9 heteroatoms. The summed E-state index contributed by atoms with van der Waals surface area (Å²) in [5.74, 6) is -1.86. The largest absolute Gasteiger partial charge is 0.478 e. The van der Waals surface area contributed by atoms with E-state index in [0.717, 1.165) is 28.0 Å². The van der Waals surface area contributed by atoms with E-state index >= 15 is 0 Å². The summed E-state index contributed by atoms with van der Waals surface area (Å²) in [7, 11) is 1.29. The predicted molar refractivity (Wildman–Crippen MR) is 126 cm³/mol. The zero-order chi connectivity index (χ0) is 24.2. The van der Waals surface area contributed by atoms with Crippen LogP contribution in [0.5, 0.6) is 0 Å². The molecule has 34 heavy (non-hydrogen) atoms. The Hall–Kier alpha value is -4.79. The van der Waals surface area contributed by atoms with Gasteiger partial charge in [-0.2, -0.15) is 0 Å². The van der Waals surface area contributed by atoms with Crippen LogP contribution in [0, 0.1) is 5.82 Å². The van der Waals surface area contributed by atoms with Crippen molar-refractivity contribution in [2.75, 3.05) is 12.8 Å². The molecule has 0 bridgehead atoms. The molecule has 0 saturated carbocycles. The van der Waals surface area contributed by atoms with Gasteiger partial charge >= 0.3 is 11.9 Å². The molecule has 5 rings (SSSR count). The first-order valence-corrected chi connectivity index (χ1v) is 10.1. The molecule has 0 aliphatic rings. The van der Waals surface area contributed by atoms with Crippen LogP contribution in [0.1, 0.15) is 20.7 Å². The summed E-state index contributed by atoms with van der Waals surface area (Å²) in [6.45, 7) is 0. The molecule has 0 aliphatic heterocycles. The van der Waals surface area contributed by atoms with E-state index in [1.54, 1.807) is 30.6 Å². The Morgan fingerprint density at radius 3 is 2.32 bits per heavy atom. The van der Waals surface area contributed by atoms with Crippen molar-refractivity contribution in [3.05, 3.63) is 90.3 Å². The van der Waals surface area contributed by atoms with E-state index < -0.39 is 17.8 Å². The van der Waals surface area contributed by atoms with Crippen LogP contribution in [0.25, 0.3) is 32.9 Å². The van der Waals surface area contributed by atoms with Gasteiger partial charge in [0, 0.05) is 45.5 Å². The number of fused-ring (bicyclic) bond motifs is 3. The smallest absolute Gasteiger partial charge is 0.337 e. The summed E-state index contributed by atoms with van der Waals surface area (Å²) >= 11 is 0. The third-order valence-electron chi connectivity index (χ3n) is 5.18. The van der Waals surface area contributed by atoms with Gasteiger partial charge in [0.1, 0.15) is 5.82 Å². The molecule has 0 unspecified atom stereocenters. The lowest BCUT2D eigenvalue weighted by Gasteiger charge is -2.08. The number of rotatable bonds is 3. The summed E-state index contributed by atoms with van der Waals surface area (Å²) in [6.07, 6.45) is 6.05. The number of hydrogen-bond donors (Lipinski definition) is 3. The molecule has 3 aromatic heterocycles. The van der Waals surface area contributed by atoms with Crippen LogP contribution in [-0.4, -0.2) is 39.1 Å². The van der Waals surface area contributed by atoms with Crippen LogP contribution in [0.4, 0.5) is 10.1 Å². The van der Waals surface area contributed by atoms with Crippen LogP contribution in [-0.2, 0) is 4.74 Å². The van der Waals surface area contributed by atoms with Crippen LogP contribution < -0.4 is 5.73 Å². The number of nitrogen functional groups attached to an aromatic ring is 1. The maximum Gasteiger partial charge on any atom is 0.337 e. The van der Waals surface area contributed by atoms with Gasteiger partial charge in [-0.1, -0.05) is 12.1 Å². The molecule has 0 aliphatic carbocycles. The molecule has 0 fully saturated rings. The first-order chi connectivity index (χ1) is 16.4. The average molecular weight is 458 g/mol. The molecule has 8 nitrogen and oxygen atoms in total. The lowest BCUT2D eigenvalue weighted by Crippen LogP contribution is -2.03. The highest BCUT2D eigenvalue weighted by Gasteiger charge is 2.12. The second kappa shape index (κ2) is 9.37. The zero-order valence-electron chi connectivity index (χ0n) is 17.9. The number of nitrogens with one attached hydrogen (secondary N) is 1. The standard InChI is InChI=1S/C13H11FN2O2.C12H8N2O2/c1-18-13(17)8-2-3-10(12(15)6-8)9-4-5-16-7-11(9)14;15-12(16)7-1-2-8-9-3-4-13-6-11(9)14-10(8)5-7/h2-7H,15H2,1H3;1-6,14H,(H,15,16). The van der Waals surface area contributed by atoms with Crippen LogP contribution >= 0.6 is 0 Å². The number of carbonyl (C=O) groups excluding carboxylic acids is 1. The molecule has 0 saturated heterocycles. The number of esters is 1. The number of carboxylic acids is 1. The van der Waals surface area contributed by atoms with Gasteiger partial charge in [0.05, 0.1) is 36.1 Å². The van der Waals surface area contributed by atoms with Crippen molar-refractivity contribution in [3.63, 3.8) is 0 Å². The Morgan fingerprint density at radius 1 is 0.912 bits per heavy atom. The molecule has 5 aromatic rings. The minimum absolute atomic E-state index is 0.284. The van der Waals surface area contributed by atoms with Crippen molar-refractivity contribution >= 4 is 39.4 Å². The average Bonchev–Trinajstić information content (AvgIpc) is 3.22. The van der Waals surface area contributed by atoms with Gasteiger partial charge in [0.25, 0.3) is 0 Å². The number of halogens is 1. The maximum absolute atomic E-state index is 13.6. The number of hydrogen-bond acceptors (Lipinski definition) is 6. The van der Waals surface area contributed by atoms with E-state index in [1.165, 1.54) is 31.5 Å². The van der Waals surface area contributed by atoms with E-state index in [9.17, 15) is 14.0 Å². The predicted octanol–water partition coefficient (Wildman–Crippen LogP) is 4.67. The maximum atomic E-state index is 13.6. The third kappa shape index (κ3) is 4.40. The Kier molecular flexibility index (Phi) is 6.18. The monoisotopic (exact) mass is 458 g/mol. The molecule has 0 spiro atoms. The summed E-state index contributed by atoms with van der Waals surface area (Å²) < 4.78 is 18.2. The Labute approximate surface area is 192 Å². The van der Waals surface area contributed by atoms with Crippen LogP contribution in [0.3, 0.4) is 0 Å². The number of aromatic nitrogens is 3. The fourth-order valence-electron chi connectivity index (χ4n) is 3.54. The number of anilines is 1. The highest BCUT2D eigenvalue weighted by atomic mass is 19.1. The molecule has 4 N–H and O–H groups in total. The summed E-state index contributed by atoms with van der Waals surface area (Å²) in [4.78, 5) is 33.0. The molecule has 0 amide bonds. The molecular formula is C25H19FN4O4. The Morgan fingerprint density at radius 2 is 1.62 bits per heavy atom. The minimum atomic E-state index is -0.918. The van der Waals surface area contributed by atoms with Gasteiger partial charge in [-0.15, -0.1) is 0 Å². The highest BCUT2D eigenvalue weighted by Crippen LogP contribution is 2.28. The lowest BCUT2D eigenvalue weighted by molar-refractivity contribution is 0.0600. The van der Waals surface area contributed by atoms with Gasteiger partial charge < -0.3 is 20.6 Å². The Bertz CT molecular complexity index is 1530. The van der Waals surface area contributed by atoms with Crippen molar-refractivity contribution < 1.29 is 23.8 Å². The fourth-order valence-corrected chi connectivity index (χ4v) is 3.54. The lowest BCUT2D eigenvalue weighted by atomic mass is 10.0. The zero-order valence-corrected chi connectivity index (χ0v) is 17.9. The molecule has 3 heterocycles. The van der Waals surface area contributed by atoms with Crippen molar-refractivity contribution in [1.82, 2.24) is 15.0 Å². The third-order valence-corrected chi connectivity index (χ3v) is 5.18. The molecule has 0 radical (unpaired) electrons. The summed E-state index contributed by atoms with van der Waals surface area (Å²) in [6, 6.07) is 13.1. The summed E-state index contributed by atoms with van der Waals surface area (Å²) in [5, 5.41) is 11.0. The first kappa shape index (κ1) is 22.4. The number of nitrogens with zero attached hydrogens (tertiary/aromatic N) is 2. The number of H-pyrrole nitrogens is 1. The first-order valence-electron chi connectivity index (χ1n) is 10.1. The van der Waals surface area contributed by atoms with E-state index in [4.69, 9.17) is 10.8 Å². The van der Waals surface area contributed by atoms with E-state index in [1.807, 2.05) is 12.1 Å². The van der Waals surface area contributed by atoms with Gasteiger partial charge in [0.15, 0.2) is 0 Å². The SMILES string of the molecule is COC(=O)c1ccc(-c2ccncc2F)c(N)c1.O=C(O)c1ccc2c(c1)[nH]c1cnccc12. The minimum Gasteiger partial charge on any atom is -0.478 e. The topological polar surface area (TPSA) is 131 Å². The summed E-state index contributed by atoms with van der Waals surface area (Å²) in [5.41, 5.74) is 9.34. The number of aromatic carboxylic acids is 1. The van der Waals surface area contributed by atoms with E-state index in [2.05, 4.69) is 19.7 Å². The number of pyridine rings is 2. The fraction of sp³-hybridized carbons (Fsp3) is 0.0400. The number of nitrogens with two attached hydrogens (primary N) is 1. The van der Waals surface area contributed by atoms with Gasteiger partial charge in [-0.25, -0.2) is 14.0 Å². The van der Waals surface area contributed by atoms with Gasteiger partial charge in [0.2, 0.25) is 0 Å². The number of ether oxygens (including phenoxy) is 1. The van der Waals surface area contributed by atoms with Crippen LogP contribution in [0.15, 0.2) is 73.3 Å². The number of methoxy groups -OCH3 is 1. The molecule has 2 aromatic carbocycles. The van der Waals surface area contributed by atoms with Crippen molar-refractivity contribution in [1.29, 1.82) is 0 Å². The Balaban J connectivity index is 0.000000162. The second-order valence-corrected chi connectivity index (χ2v) is 7.26. The number of aromatic amines is 1. The normalized spacial score (nSPS) is 10.5. The van der Waals surface area contributed by atoms with Crippen LogP contribution in [0.2, 0.25) is 0 Å². The van der Waals surface area contributed by atoms with E-state index in [0.29, 0.717) is 22.4 Å². The van der Waals surface area contributed by atoms with Crippen molar-refractivity contribution in [2.24, 2.45) is 0 Å². The number of benzene rings is 2. The second-order valence-electron chi connectivity index (χ2n) is 7.26. The van der Waals surface area contributed by atoms with Gasteiger partial charge in [-0.05, 0) is 36.4 Å². The highest BCUT2D eigenvalue weighted by molar-refractivity contribution is 6.08. The van der Waals surface area contributed by atoms with Crippen molar-refractivity contribution in [3.8, 4) is 11.1 Å². The number of carboxylic acid groups (broad SMARTS) is 1.